The molecular weight excluding hydrogens is 379 g/mol. The molecule has 0 radical (unpaired) electrons. The molecule has 1 aliphatic carbocycles. The van der Waals surface area contributed by atoms with E-state index in [2.05, 4.69) is 20.8 Å². The van der Waals surface area contributed by atoms with E-state index < -0.39 is 0 Å². The molecule has 25 heavy (non-hydrogen) atoms. The summed E-state index contributed by atoms with van der Waals surface area (Å²) in [7, 11) is 0. The van der Waals surface area contributed by atoms with Gasteiger partial charge in [0.05, 0.1) is 0 Å². The van der Waals surface area contributed by atoms with E-state index in [1.165, 1.54) is 77.1 Å². The van der Waals surface area contributed by atoms with Crippen LogP contribution in [0.25, 0.3) is 0 Å². The van der Waals surface area contributed by atoms with Crippen molar-refractivity contribution in [2.24, 2.45) is 17.6 Å². The Kier molecular flexibility index (Phi) is 7.32. The van der Waals surface area contributed by atoms with Crippen molar-refractivity contribution in [2.75, 3.05) is 19.6 Å². The lowest BCUT2D eigenvalue weighted by Gasteiger charge is -2.33. The van der Waals surface area contributed by atoms with Gasteiger partial charge < -0.3 is 10.6 Å². The number of nitrogens with zero attached hydrogens (tertiary/aromatic N) is 1. The summed E-state index contributed by atoms with van der Waals surface area (Å²) >= 11 is 3.56. The van der Waals surface area contributed by atoms with Gasteiger partial charge in [-0.25, -0.2) is 4.39 Å². The maximum atomic E-state index is 13.4. The first kappa shape index (κ1) is 19.3. The number of halogens is 2. The lowest BCUT2D eigenvalue weighted by atomic mass is 9.83. The zero-order valence-corrected chi connectivity index (χ0v) is 16.8. The van der Waals surface area contributed by atoms with Gasteiger partial charge in [-0.2, -0.15) is 0 Å². The van der Waals surface area contributed by atoms with Crippen molar-refractivity contribution in [1.29, 1.82) is 0 Å². The quantitative estimate of drug-likeness (QED) is 0.702. The molecule has 2 fully saturated rings. The van der Waals surface area contributed by atoms with Crippen LogP contribution in [0.5, 0.6) is 0 Å². The molecule has 1 aromatic rings. The number of rotatable bonds is 6. The molecule has 1 aromatic carbocycles. The maximum Gasteiger partial charge on any atom is 0.123 e. The Balaban J connectivity index is 1.34. The zero-order chi connectivity index (χ0) is 17.6. The minimum Gasteiger partial charge on any atom is -0.328 e. The first-order chi connectivity index (χ1) is 12.1. The third-order valence-electron chi connectivity index (χ3n) is 6.20. The minimum absolute atomic E-state index is 0.126. The Morgan fingerprint density at radius 2 is 1.76 bits per heavy atom. The summed E-state index contributed by atoms with van der Waals surface area (Å²) in [5, 5.41) is 0. The molecule has 0 unspecified atom stereocenters. The molecule has 4 heteroatoms. The molecule has 2 N–H and O–H groups in total. The van der Waals surface area contributed by atoms with Crippen molar-refractivity contribution in [3.05, 3.63) is 34.1 Å². The smallest absolute Gasteiger partial charge is 0.123 e. The van der Waals surface area contributed by atoms with Gasteiger partial charge in [0.15, 0.2) is 0 Å². The fraction of sp³-hybridized carbons (Fsp3) is 0.714. The Bertz CT molecular complexity index is 535. The average molecular weight is 411 g/mol. The van der Waals surface area contributed by atoms with E-state index in [9.17, 15) is 4.39 Å². The number of nitrogens with two attached hydrogens (primary N) is 1. The van der Waals surface area contributed by atoms with Crippen LogP contribution in [0.3, 0.4) is 0 Å². The van der Waals surface area contributed by atoms with Gasteiger partial charge in [-0.1, -0.05) is 15.9 Å². The van der Waals surface area contributed by atoms with Gasteiger partial charge in [-0.3, -0.25) is 0 Å². The molecule has 1 saturated carbocycles. The molecule has 2 nitrogen and oxygen atoms in total. The highest BCUT2D eigenvalue weighted by Crippen LogP contribution is 2.29. The molecule has 1 saturated heterocycles. The van der Waals surface area contributed by atoms with Gasteiger partial charge in [0.2, 0.25) is 0 Å². The minimum atomic E-state index is -0.126. The molecule has 1 heterocycles. The third-order valence-corrected chi connectivity index (χ3v) is 6.98. The molecule has 0 spiro atoms. The van der Waals surface area contributed by atoms with Gasteiger partial charge >= 0.3 is 0 Å². The molecular formula is C21H32BrFN2. The van der Waals surface area contributed by atoms with Crippen LogP contribution in [0.1, 0.15) is 56.9 Å². The molecule has 140 valence electrons. The highest BCUT2D eigenvalue weighted by molar-refractivity contribution is 9.10. The van der Waals surface area contributed by atoms with E-state index in [-0.39, 0.29) is 5.82 Å². The van der Waals surface area contributed by atoms with Crippen LogP contribution in [-0.2, 0) is 6.42 Å². The van der Waals surface area contributed by atoms with Crippen molar-refractivity contribution in [1.82, 2.24) is 4.90 Å². The van der Waals surface area contributed by atoms with Crippen LogP contribution in [-0.4, -0.2) is 30.6 Å². The zero-order valence-electron chi connectivity index (χ0n) is 15.2. The lowest BCUT2D eigenvalue weighted by Crippen LogP contribution is -2.35. The van der Waals surface area contributed by atoms with Crippen LogP contribution in [0.4, 0.5) is 4.39 Å². The topological polar surface area (TPSA) is 29.3 Å². The third kappa shape index (κ3) is 6.04. The molecule has 0 amide bonds. The normalized spacial score (nSPS) is 26.0. The van der Waals surface area contributed by atoms with E-state index in [4.69, 9.17) is 5.73 Å². The van der Waals surface area contributed by atoms with Gasteiger partial charge in [-0.15, -0.1) is 0 Å². The molecule has 0 bridgehead atoms. The summed E-state index contributed by atoms with van der Waals surface area (Å²) in [6, 6.07) is 5.51. The van der Waals surface area contributed by atoms with Crippen molar-refractivity contribution >= 4 is 15.9 Å². The summed E-state index contributed by atoms with van der Waals surface area (Å²) in [4.78, 5) is 2.63. The van der Waals surface area contributed by atoms with Crippen molar-refractivity contribution in [2.45, 2.75) is 63.8 Å². The fourth-order valence-electron chi connectivity index (χ4n) is 4.51. The molecule has 0 aromatic heterocycles. The van der Waals surface area contributed by atoms with Crippen LogP contribution >= 0.6 is 15.9 Å². The van der Waals surface area contributed by atoms with Crippen molar-refractivity contribution in [3.8, 4) is 0 Å². The summed E-state index contributed by atoms with van der Waals surface area (Å²) in [6.07, 6.45) is 11.3. The van der Waals surface area contributed by atoms with Gasteiger partial charge in [0, 0.05) is 10.5 Å². The van der Waals surface area contributed by atoms with Gasteiger partial charge in [0.1, 0.15) is 5.82 Å². The molecule has 1 aliphatic heterocycles. The second-order valence-corrected chi connectivity index (χ2v) is 9.00. The summed E-state index contributed by atoms with van der Waals surface area (Å²) in [5.74, 6) is 1.48. The summed E-state index contributed by atoms with van der Waals surface area (Å²) in [6.45, 7) is 3.65. The predicted molar refractivity (Wildman–Crippen MR) is 106 cm³/mol. The number of piperidine rings is 1. The molecule has 2 aliphatic rings. The molecule has 0 atom stereocenters. The van der Waals surface area contributed by atoms with E-state index in [1.54, 1.807) is 6.07 Å². The second-order valence-electron chi connectivity index (χ2n) is 8.15. The van der Waals surface area contributed by atoms with E-state index in [0.29, 0.717) is 12.0 Å². The number of benzene rings is 1. The van der Waals surface area contributed by atoms with Gasteiger partial charge in [0.25, 0.3) is 0 Å². The first-order valence-electron chi connectivity index (χ1n) is 10.0. The van der Waals surface area contributed by atoms with E-state index >= 15 is 0 Å². The number of hydrogen-bond acceptors (Lipinski definition) is 2. The molecule has 3 rings (SSSR count). The second kappa shape index (κ2) is 9.48. The number of hydrogen-bond donors (Lipinski definition) is 1. The Morgan fingerprint density at radius 3 is 2.48 bits per heavy atom. The number of likely N-dealkylation sites (tertiary alicyclic amines) is 1. The van der Waals surface area contributed by atoms with Crippen LogP contribution in [0, 0.1) is 17.7 Å². The van der Waals surface area contributed by atoms with Crippen LogP contribution in [0.15, 0.2) is 22.7 Å². The highest BCUT2D eigenvalue weighted by Gasteiger charge is 2.21. The van der Waals surface area contributed by atoms with Gasteiger partial charge in [-0.05, 0) is 113 Å². The fourth-order valence-corrected chi connectivity index (χ4v) is 4.91. The Morgan fingerprint density at radius 1 is 1.04 bits per heavy atom. The Labute approximate surface area is 160 Å². The monoisotopic (exact) mass is 410 g/mol. The lowest BCUT2D eigenvalue weighted by molar-refractivity contribution is 0.175. The van der Waals surface area contributed by atoms with E-state index in [1.807, 2.05) is 6.07 Å². The van der Waals surface area contributed by atoms with Crippen LogP contribution < -0.4 is 5.73 Å². The van der Waals surface area contributed by atoms with Crippen molar-refractivity contribution < 1.29 is 4.39 Å². The van der Waals surface area contributed by atoms with E-state index in [0.717, 1.165) is 22.4 Å². The SMILES string of the molecule is N[C@H]1CC[C@H](CCCN2CCC(Cc3cc(F)ccc3Br)CC2)CC1. The maximum absolute atomic E-state index is 13.4. The predicted octanol–water partition coefficient (Wildman–Crippen LogP) is 5.14. The Hall–Kier alpha value is -0.450. The highest BCUT2D eigenvalue weighted by atomic mass is 79.9. The first-order valence-corrected chi connectivity index (χ1v) is 10.8. The summed E-state index contributed by atoms with van der Waals surface area (Å²) in [5.41, 5.74) is 7.12. The van der Waals surface area contributed by atoms with Crippen molar-refractivity contribution in [3.63, 3.8) is 0 Å². The standard InChI is InChI=1S/C21H32BrFN2/c22-21-8-5-19(23)15-18(21)14-17-9-12-25(13-10-17)11-1-2-16-3-6-20(24)7-4-16/h5,8,15-17,20H,1-4,6-7,9-14,24H2/t16-,20-. The summed E-state index contributed by atoms with van der Waals surface area (Å²) < 4.78 is 14.5. The largest absolute Gasteiger partial charge is 0.328 e. The van der Waals surface area contributed by atoms with Crippen LogP contribution in [0.2, 0.25) is 0 Å². The average Bonchev–Trinajstić information content (AvgIpc) is 2.61.